The van der Waals surface area contributed by atoms with Gasteiger partial charge in [0.05, 0.1) is 19.5 Å². The Kier molecular flexibility index (Phi) is 7.95. The number of anilines is 1. The quantitative estimate of drug-likeness (QED) is 0.283. The Bertz CT molecular complexity index is 1330. The van der Waals surface area contributed by atoms with Crippen LogP contribution in [-0.4, -0.2) is 40.1 Å². The number of rotatable bonds is 9. The number of ether oxygens (including phenoxy) is 2. The van der Waals surface area contributed by atoms with Crippen molar-refractivity contribution in [2.45, 2.75) is 32.9 Å². The lowest BCUT2D eigenvalue weighted by Crippen LogP contribution is -2.16. The van der Waals surface area contributed by atoms with Crippen molar-refractivity contribution < 1.29 is 14.3 Å². The zero-order chi connectivity index (χ0) is 25.7. The first-order chi connectivity index (χ1) is 17.4. The Labute approximate surface area is 215 Å². The van der Waals surface area contributed by atoms with Crippen molar-refractivity contribution in [1.82, 2.24) is 14.8 Å². The molecule has 0 fully saturated rings. The summed E-state index contributed by atoms with van der Waals surface area (Å²) in [6, 6.07) is 19.6. The van der Waals surface area contributed by atoms with E-state index < -0.39 is 0 Å². The molecule has 0 bridgehead atoms. The molecule has 0 atom stereocenters. The van der Waals surface area contributed by atoms with Crippen LogP contribution in [0.5, 0.6) is 11.5 Å². The first-order valence-corrected chi connectivity index (χ1v) is 12.7. The average molecular weight is 503 g/mol. The molecule has 0 aliphatic rings. The van der Waals surface area contributed by atoms with Crippen LogP contribution >= 0.6 is 11.8 Å². The largest absolute Gasteiger partial charge is 0.497 e. The van der Waals surface area contributed by atoms with Crippen LogP contribution in [0.3, 0.4) is 0 Å². The molecular weight excluding hydrogens is 472 g/mol. The summed E-state index contributed by atoms with van der Waals surface area (Å²) in [6.45, 7) is 8.61. The van der Waals surface area contributed by atoms with Gasteiger partial charge in [0.15, 0.2) is 11.0 Å². The number of hydrogen-bond acceptors (Lipinski definition) is 6. The zero-order valence-electron chi connectivity index (χ0n) is 21.2. The number of aromatic nitrogens is 3. The minimum absolute atomic E-state index is 0.0951. The minimum Gasteiger partial charge on any atom is -0.497 e. The molecule has 3 aromatic carbocycles. The maximum atomic E-state index is 12.9. The molecule has 0 unspecified atom stereocenters. The molecule has 186 valence electrons. The summed E-state index contributed by atoms with van der Waals surface area (Å²) >= 11 is 1.34. The van der Waals surface area contributed by atoms with E-state index in [2.05, 4.69) is 34.6 Å². The van der Waals surface area contributed by atoms with Crippen LogP contribution in [0.1, 0.15) is 23.6 Å². The van der Waals surface area contributed by atoms with Crippen LogP contribution in [0.4, 0.5) is 5.69 Å². The number of carbonyl (C=O) groups excluding carboxylic acids is 1. The molecule has 4 aromatic rings. The highest BCUT2D eigenvalue weighted by atomic mass is 32.2. The Morgan fingerprint density at radius 1 is 0.944 bits per heavy atom. The average Bonchev–Trinajstić information content (AvgIpc) is 3.29. The monoisotopic (exact) mass is 502 g/mol. The van der Waals surface area contributed by atoms with Crippen LogP contribution in [-0.2, 0) is 4.79 Å². The number of amides is 1. The van der Waals surface area contributed by atoms with Crippen LogP contribution in [0.25, 0.3) is 17.1 Å². The summed E-state index contributed by atoms with van der Waals surface area (Å²) in [5.41, 5.74) is 5.89. The fourth-order valence-electron chi connectivity index (χ4n) is 4.06. The summed E-state index contributed by atoms with van der Waals surface area (Å²) in [5, 5.41) is 12.6. The second-order valence-corrected chi connectivity index (χ2v) is 9.35. The highest BCUT2D eigenvalue weighted by molar-refractivity contribution is 7.99. The van der Waals surface area contributed by atoms with Crippen molar-refractivity contribution in [3.05, 3.63) is 77.4 Å². The van der Waals surface area contributed by atoms with Gasteiger partial charge in [-0.3, -0.25) is 9.36 Å². The van der Waals surface area contributed by atoms with Crippen molar-refractivity contribution >= 4 is 23.4 Å². The van der Waals surface area contributed by atoms with E-state index in [-0.39, 0.29) is 11.7 Å². The third-order valence-corrected chi connectivity index (χ3v) is 6.59. The summed E-state index contributed by atoms with van der Waals surface area (Å²) in [5.74, 6) is 2.33. The topological polar surface area (TPSA) is 78.3 Å². The van der Waals surface area contributed by atoms with E-state index in [4.69, 9.17) is 9.47 Å². The number of thioether (sulfide) groups is 1. The molecule has 1 heterocycles. The van der Waals surface area contributed by atoms with E-state index in [0.717, 1.165) is 39.6 Å². The number of hydrogen-bond donors (Lipinski definition) is 1. The van der Waals surface area contributed by atoms with Gasteiger partial charge in [-0.1, -0.05) is 29.5 Å². The molecular formula is C28H30N4O3S. The number of nitrogens with zero attached hydrogens (tertiary/aromatic N) is 3. The van der Waals surface area contributed by atoms with E-state index >= 15 is 0 Å². The molecule has 36 heavy (non-hydrogen) atoms. The predicted octanol–water partition coefficient (Wildman–Crippen LogP) is 6.00. The number of nitrogens with one attached hydrogen (secondary N) is 1. The lowest BCUT2D eigenvalue weighted by atomic mass is 10.1. The second kappa shape index (κ2) is 11.3. The lowest BCUT2D eigenvalue weighted by molar-refractivity contribution is -0.113. The minimum atomic E-state index is -0.0951. The van der Waals surface area contributed by atoms with Gasteiger partial charge in [0.2, 0.25) is 5.91 Å². The Morgan fingerprint density at radius 3 is 2.19 bits per heavy atom. The van der Waals surface area contributed by atoms with E-state index in [0.29, 0.717) is 17.6 Å². The molecule has 0 aliphatic heterocycles. The smallest absolute Gasteiger partial charge is 0.234 e. The van der Waals surface area contributed by atoms with Crippen molar-refractivity contribution in [3.8, 4) is 28.6 Å². The SMILES string of the molecule is CCOc1ccc(-n2c(SCC(=O)Nc3c(C)cc(C)cc3C)nnc2-c2ccc(OC)cc2)cc1. The van der Waals surface area contributed by atoms with E-state index in [1.165, 1.54) is 17.3 Å². The molecule has 4 rings (SSSR count). The standard InChI is InChI=1S/C28H30N4O3S/c1-6-35-24-13-9-22(10-14-24)32-27(21-7-11-23(34-5)12-8-21)30-31-28(32)36-17-25(33)29-26-19(3)15-18(2)16-20(26)4/h7-16H,6,17H2,1-5H3,(H,29,33). The van der Waals surface area contributed by atoms with Gasteiger partial charge < -0.3 is 14.8 Å². The molecule has 1 N–H and O–H groups in total. The first-order valence-electron chi connectivity index (χ1n) is 11.7. The molecule has 1 amide bonds. The summed E-state index contributed by atoms with van der Waals surface area (Å²) in [7, 11) is 1.64. The van der Waals surface area contributed by atoms with Gasteiger partial charge >= 0.3 is 0 Å². The maximum absolute atomic E-state index is 12.9. The van der Waals surface area contributed by atoms with Gasteiger partial charge in [-0.2, -0.15) is 0 Å². The Hall–Kier alpha value is -3.78. The second-order valence-electron chi connectivity index (χ2n) is 8.41. The first kappa shape index (κ1) is 25.3. The number of methoxy groups -OCH3 is 1. The normalized spacial score (nSPS) is 10.8. The van der Waals surface area contributed by atoms with E-state index in [1.54, 1.807) is 7.11 Å². The molecule has 7 nitrogen and oxygen atoms in total. The molecule has 0 saturated heterocycles. The highest BCUT2D eigenvalue weighted by Gasteiger charge is 2.18. The molecule has 8 heteroatoms. The van der Waals surface area contributed by atoms with E-state index in [9.17, 15) is 4.79 Å². The van der Waals surface area contributed by atoms with Gasteiger partial charge in [-0.15, -0.1) is 10.2 Å². The summed E-state index contributed by atoms with van der Waals surface area (Å²) in [6.07, 6.45) is 0. The van der Waals surface area contributed by atoms with Crippen LogP contribution in [0.15, 0.2) is 65.8 Å². The molecule has 0 radical (unpaired) electrons. The number of carbonyl (C=O) groups is 1. The lowest BCUT2D eigenvalue weighted by Gasteiger charge is -2.13. The molecule has 0 saturated carbocycles. The Balaban J connectivity index is 1.61. The van der Waals surface area contributed by atoms with Crippen molar-refractivity contribution in [1.29, 1.82) is 0 Å². The Morgan fingerprint density at radius 2 is 1.58 bits per heavy atom. The third-order valence-electron chi connectivity index (χ3n) is 5.66. The van der Waals surface area contributed by atoms with E-state index in [1.807, 2.05) is 73.9 Å². The maximum Gasteiger partial charge on any atom is 0.234 e. The molecule has 0 spiro atoms. The van der Waals surface area contributed by atoms with Crippen molar-refractivity contribution in [3.63, 3.8) is 0 Å². The predicted molar refractivity (Wildman–Crippen MR) is 145 cm³/mol. The van der Waals surface area contributed by atoms with Crippen molar-refractivity contribution in [2.75, 3.05) is 24.8 Å². The third kappa shape index (κ3) is 5.71. The van der Waals surface area contributed by atoms with Gasteiger partial charge in [0, 0.05) is 16.9 Å². The fourth-order valence-corrected chi connectivity index (χ4v) is 4.82. The zero-order valence-corrected chi connectivity index (χ0v) is 22.0. The van der Waals surface area contributed by atoms with Crippen LogP contribution in [0, 0.1) is 20.8 Å². The van der Waals surface area contributed by atoms with Crippen LogP contribution in [0.2, 0.25) is 0 Å². The fraction of sp³-hybridized carbons (Fsp3) is 0.250. The van der Waals surface area contributed by atoms with Gasteiger partial charge in [0.25, 0.3) is 0 Å². The van der Waals surface area contributed by atoms with Gasteiger partial charge in [-0.25, -0.2) is 0 Å². The molecule has 0 aliphatic carbocycles. The molecule has 1 aromatic heterocycles. The summed E-state index contributed by atoms with van der Waals surface area (Å²) < 4.78 is 12.8. The van der Waals surface area contributed by atoms with Crippen LogP contribution < -0.4 is 14.8 Å². The van der Waals surface area contributed by atoms with Gasteiger partial charge in [0.1, 0.15) is 11.5 Å². The summed E-state index contributed by atoms with van der Waals surface area (Å²) in [4.78, 5) is 12.9. The number of aryl methyl sites for hydroxylation is 3. The van der Waals surface area contributed by atoms with Gasteiger partial charge in [-0.05, 0) is 87.4 Å². The highest BCUT2D eigenvalue weighted by Crippen LogP contribution is 2.30. The van der Waals surface area contributed by atoms with Crippen molar-refractivity contribution in [2.24, 2.45) is 0 Å². The number of benzene rings is 3.